The molecule has 1 aliphatic rings. The Morgan fingerprint density at radius 2 is 2.06 bits per heavy atom. The molecule has 16 heavy (non-hydrogen) atoms. The van der Waals surface area contributed by atoms with Gasteiger partial charge in [-0.1, -0.05) is 33.1 Å². The van der Waals surface area contributed by atoms with Crippen molar-refractivity contribution in [2.75, 3.05) is 13.2 Å². The Hall–Kier alpha value is -0.570. The fourth-order valence-electron chi connectivity index (χ4n) is 1.97. The molecule has 0 aromatic heterocycles. The molecule has 2 atom stereocenters. The molecule has 0 spiro atoms. The maximum absolute atomic E-state index is 11.5. The fourth-order valence-corrected chi connectivity index (χ4v) is 1.97. The topological polar surface area (TPSA) is 35.5 Å². The summed E-state index contributed by atoms with van der Waals surface area (Å²) in [5.74, 6) is 0.109. The number of carbonyl (C=O) groups excluding carboxylic acids is 1. The molecule has 0 amide bonds. The van der Waals surface area contributed by atoms with Gasteiger partial charge in [-0.15, -0.1) is 0 Å². The normalized spacial score (nSPS) is 24.8. The summed E-state index contributed by atoms with van der Waals surface area (Å²) < 4.78 is 10.8. The van der Waals surface area contributed by atoms with Crippen LogP contribution >= 0.6 is 0 Å². The SMILES string of the molecule is CCCCOCC1CC(CCCC)C(=O)O1. The van der Waals surface area contributed by atoms with E-state index in [1.165, 1.54) is 0 Å². The molecule has 0 aromatic carbocycles. The molecule has 1 heterocycles. The van der Waals surface area contributed by atoms with Crippen LogP contribution in [0.15, 0.2) is 0 Å². The van der Waals surface area contributed by atoms with Gasteiger partial charge in [0.1, 0.15) is 6.10 Å². The summed E-state index contributed by atoms with van der Waals surface area (Å²) in [7, 11) is 0. The number of hydrogen-bond acceptors (Lipinski definition) is 3. The predicted molar refractivity (Wildman–Crippen MR) is 63.2 cm³/mol. The average molecular weight is 228 g/mol. The Bertz CT molecular complexity index is 203. The highest BCUT2D eigenvalue weighted by atomic mass is 16.6. The lowest BCUT2D eigenvalue weighted by atomic mass is 9.99. The van der Waals surface area contributed by atoms with Crippen LogP contribution in [0.4, 0.5) is 0 Å². The first-order valence-corrected chi connectivity index (χ1v) is 6.56. The predicted octanol–water partition coefficient (Wildman–Crippen LogP) is 2.93. The number of esters is 1. The van der Waals surface area contributed by atoms with Crippen LogP contribution in [0.3, 0.4) is 0 Å². The standard InChI is InChI=1S/C13H24O3/c1-3-5-7-11-9-12(16-13(11)14)10-15-8-6-4-2/h11-12H,3-10H2,1-2H3. The Morgan fingerprint density at radius 1 is 1.31 bits per heavy atom. The molecule has 0 radical (unpaired) electrons. The first-order valence-electron chi connectivity index (χ1n) is 6.56. The van der Waals surface area contributed by atoms with Crippen molar-refractivity contribution < 1.29 is 14.3 Å². The van der Waals surface area contributed by atoms with Gasteiger partial charge in [-0.05, 0) is 19.3 Å². The third-order valence-corrected chi connectivity index (χ3v) is 3.02. The molecular formula is C13H24O3. The summed E-state index contributed by atoms with van der Waals surface area (Å²) in [4.78, 5) is 11.5. The molecule has 0 N–H and O–H groups in total. The molecule has 3 nitrogen and oxygen atoms in total. The van der Waals surface area contributed by atoms with Crippen LogP contribution in [0, 0.1) is 5.92 Å². The number of rotatable bonds is 8. The lowest BCUT2D eigenvalue weighted by Gasteiger charge is -2.09. The van der Waals surface area contributed by atoms with E-state index in [9.17, 15) is 4.79 Å². The van der Waals surface area contributed by atoms with E-state index in [1.54, 1.807) is 0 Å². The zero-order valence-corrected chi connectivity index (χ0v) is 10.5. The smallest absolute Gasteiger partial charge is 0.309 e. The quantitative estimate of drug-likeness (QED) is 0.473. The summed E-state index contributed by atoms with van der Waals surface area (Å²) in [6.45, 7) is 5.64. The second kappa shape index (κ2) is 7.66. The second-order valence-corrected chi connectivity index (χ2v) is 4.56. The van der Waals surface area contributed by atoms with E-state index < -0.39 is 0 Å². The Morgan fingerprint density at radius 3 is 2.75 bits per heavy atom. The first-order chi connectivity index (χ1) is 7.77. The molecule has 0 bridgehead atoms. The lowest BCUT2D eigenvalue weighted by Crippen LogP contribution is -2.15. The number of carbonyl (C=O) groups is 1. The van der Waals surface area contributed by atoms with E-state index in [2.05, 4.69) is 13.8 Å². The van der Waals surface area contributed by atoms with E-state index in [4.69, 9.17) is 9.47 Å². The van der Waals surface area contributed by atoms with Gasteiger partial charge in [-0.3, -0.25) is 4.79 Å². The summed E-state index contributed by atoms with van der Waals surface area (Å²) in [5.41, 5.74) is 0. The summed E-state index contributed by atoms with van der Waals surface area (Å²) in [5, 5.41) is 0. The number of unbranched alkanes of at least 4 members (excludes halogenated alkanes) is 2. The third-order valence-electron chi connectivity index (χ3n) is 3.02. The lowest BCUT2D eigenvalue weighted by molar-refractivity contribution is -0.146. The minimum absolute atomic E-state index is 0.00575. The van der Waals surface area contributed by atoms with Crippen molar-refractivity contribution >= 4 is 5.97 Å². The highest BCUT2D eigenvalue weighted by Crippen LogP contribution is 2.25. The molecular weight excluding hydrogens is 204 g/mol. The molecule has 1 fully saturated rings. The van der Waals surface area contributed by atoms with Gasteiger partial charge in [-0.2, -0.15) is 0 Å². The maximum Gasteiger partial charge on any atom is 0.309 e. The molecule has 0 saturated carbocycles. The summed E-state index contributed by atoms with van der Waals surface area (Å²) >= 11 is 0. The van der Waals surface area contributed by atoms with E-state index in [0.717, 1.165) is 45.1 Å². The monoisotopic (exact) mass is 228 g/mol. The van der Waals surface area contributed by atoms with Crippen LogP contribution in [0.2, 0.25) is 0 Å². The van der Waals surface area contributed by atoms with Crippen LogP contribution in [0.5, 0.6) is 0 Å². The van der Waals surface area contributed by atoms with Gasteiger partial charge in [0.15, 0.2) is 0 Å². The number of ether oxygens (including phenoxy) is 2. The first kappa shape index (κ1) is 13.5. The Kier molecular flexibility index (Phi) is 6.46. The highest BCUT2D eigenvalue weighted by Gasteiger charge is 2.33. The van der Waals surface area contributed by atoms with Gasteiger partial charge in [0.2, 0.25) is 0 Å². The van der Waals surface area contributed by atoms with Crippen molar-refractivity contribution in [3.8, 4) is 0 Å². The summed E-state index contributed by atoms with van der Waals surface area (Å²) in [6.07, 6.45) is 6.31. The van der Waals surface area contributed by atoms with Crippen LogP contribution in [0.25, 0.3) is 0 Å². The minimum atomic E-state index is -0.0162. The van der Waals surface area contributed by atoms with Crippen LogP contribution in [0.1, 0.15) is 52.4 Å². The molecule has 1 rings (SSSR count). The maximum atomic E-state index is 11.5. The molecule has 0 aliphatic carbocycles. The molecule has 1 aliphatic heterocycles. The van der Waals surface area contributed by atoms with E-state index >= 15 is 0 Å². The van der Waals surface area contributed by atoms with Gasteiger partial charge in [0, 0.05) is 6.61 Å². The van der Waals surface area contributed by atoms with Gasteiger partial charge in [-0.25, -0.2) is 0 Å². The van der Waals surface area contributed by atoms with Crippen molar-refractivity contribution in [1.29, 1.82) is 0 Å². The number of hydrogen-bond donors (Lipinski definition) is 0. The molecule has 94 valence electrons. The Labute approximate surface area is 98.5 Å². The van der Waals surface area contributed by atoms with E-state index in [0.29, 0.717) is 6.61 Å². The van der Waals surface area contributed by atoms with Crippen molar-refractivity contribution in [2.45, 2.75) is 58.5 Å². The van der Waals surface area contributed by atoms with Crippen LogP contribution < -0.4 is 0 Å². The van der Waals surface area contributed by atoms with Gasteiger partial charge < -0.3 is 9.47 Å². The highest BCUT2D eigenvalue weighted by molar-refractivity contribution is 5.74. The van der Waals surface area contributed by atoms with E-state index in [1.807, 2.05) is 0 Å². The Balaban J connectivity index is 2.14. The van der Waals surface area contributed by atoms with E-state index in [-0.39, 0.29) is 18.0 Å². The van der Waals surface area contributed by atoms with Crippen molar-refractivity contribution in [2.24, 2.45) is 5.92 Å². The van der Waals surface area contributed by atoms with Crippen LogP contribution in [-0.2, 0) is 14.3 Å². The van der Waals surface area contributed by atoms with Gasteiger partial charge >= 0.3 is 5.97 Å². The summed E-state index contributed by atoms with van der Waals surface area (Å²) in [6, 6.07) is 0. The average Bonchev–Trinajstić information content (AvgIpc) is 2.63. The molecule has 2 unspecified atom stereocenters. The van der Waals surface area contributed by atoms with Crippen molar-refractivity contribution in [3.05, 3.63) is 0 Å². The third kappa shape index (κ3) is 4.52. The zero-order chi connectivity index (χ0) is 11.8. The van der Waals surface area contributed by atoms with Crippen LogP contribution in [-0.4, -0.2) is 25.3 Å². The molecule has 1 saturated heterocycles. The minimum Gasteiger partial charge on any atom is -0.460 e. The van der Waals surface area contributed by atoms with Crippen molar-refractivity contribution in [3.63, 3.8) is 0 Å². The van der Waals surface area contributed by atoms with Gasteiger partial charge in [0.25, 0.3) is 0 Å². The zero-order valence-electron chi connectivity index (χ0n) is 10.5. The van der Waals surface area contributed by atoms with Gasteiger partial charge in [0.05, 0.1) is 12.5 Å². The van der Waals surface area contributed by atoms with Crippen molar-refractivity contribution in [1.82, 2.24) is 0 Å². The largest absolute Gasteiger partial charge is 0.460 e. The molecule has 3 heteroatoms. The molecule has 0 aromatic rings. The second-order valence-electron chi connectivity index (χ2n) is 4.56. The number of cyclic esters (lactones) is 1. The fraction of sp³-hybridized carbons (Fsp3) is 0.923.